The molecule has 4 rings (SSSR count). The Morgan fingerprint density at radius 3 is 2.41 bits per heavy atom. The van der Waals surface area contributed by atoms with Crippen LogP contribution >= 0.6 is 0 Å². The number of para-hydroxylation sites is 1. The Hall–Kier alpha value is -3.18. The van der Waals surface area contributed by atoms with E-state index >= 15 is 0 Å². The third-order valence-corrected chi connectivity index (χ3v) is 5.31. The fourth-order valence-corrected chi connectivity index (χ4v) is 3.60. The highest BCUT2D eigenvalue weighted by atomic mass is 16.5. The second-order valence-electron chi connectivity index (χ2n) is 7.31. The molecule has 2 amide bonds. The Bertz CT molecular complexity index is 1010. The van der Waals surface area contributed by atoms with Crippen LogP contribution in [0, 0.1) is 0 Å². The number of ether oxygens (including phenoxy) is 1. The van der Waals surface area contributed by atoms with E-state index in [9.17, 15) is 9.59 Å². The predicted molar refractivity (Wildman–Crippen MR) is 114 cm³/mol. The molecule has 0 spiro atoms. The van der Waals surface area contributed by atoms with Crippen LogP contribution in [0.4, 0.5) is 5.69 Å². The van der Waals surface area contributed by atoms with E-state index in [1.807, 2.05) is 48.5 Å². The van der Waals surface area contributed by atoms with E-state index in [1.165, 1.54) is 0 Å². The summed E-state index contributed by atoms with van der Waals surface area (Å²) in [6.45, 7) is 3.12. The molecule has 29 heavy (non-hydrogen) atoms. The molecule has 0 aromatic heterocycles. The van der Waals surface area contributed by atoms with Crippen molar-refractivity contribution >= 4 is 28.3 Å². The number of benzene rings is 3. The van der Waals surface area contributed by atoms with E-state index in [1.54, 1.807) is 16.7 Å². The van der Waals surface area contributed by atoms with Gasteiger partial charge in [-0.1, -0.05) is 60.7 Å². The molecule has 0 atom stereocenters. The number of nitrogens with zero attached hydrogens (tertiary/aromatic N) is 2. The molecule has 0 radical (unpaired) electrons. The average molecular weight is 388 g/mol. The summed E-state index contributed by atoms with van der Waals surface area (Å²) in [7, 11) is 0. The third-order valence-electron chi connectivity index (χ3n) is 5.31. The number of carbonyl (C=O) groups excluding carboxylic acids is 2. The average Bonchev–Trinajstić information content (AvgIpc) is 2.71. The number of amides is 2. The number of rotatable bonds is 6. The minimum absolute atomic E-state index is 0.00390. The maximum Gasteiger partial charge on any atom is 0.253 e. The summed E-state index contributed by atoms with van der Waals surface area (Å²) >= 11 is 0. The summed E-state index contributed by atoms with van der Waals surface area (Å²) in [5.74, 6) is -0.0524. The van der Waals surface area contributed by atoms with Crippen LogP contribution < -0.4 is 4.90 Å². The first-order valence-corrected chi connectivity index (χ1v) is 9.81. The molecule has 1 saturated heterocycles. The van der Waals surface area contributed by atoms with Crippen LogP contribution in [0.2, 0.25) is 0 Å². The van der Waals surface area contributed by atoms with Crippen LogP contribution in [0.5, 0.6) is 0 Å². The van der Waals surface area contributed by atoms with Crippen LogP contribution in [0.3, 0.4) is 0 Å². The van der Waals surface area contributed by atoms with E-state index in [0.717, 1.165) is 22.0 Å². The summed E-state index contributed by atoms with van der Waals surface area (Å²) in [6.07, 6.45) is -0.0713. The fraction of sp³-hybridized carbons (Fsp3) is 0.250. The molecule has 0 saturated carbocycles. The van der Waals surface area contributed by atoms with Crippen molar-refractivity contribution < 1.29 is 14.3 Å². The molecule has 0 N–H and O–H groups in total. The zero-order valence-corrected chi connectivity index (χ0v) is 16.5. The Kier molecular flexibility index (Phi) is 5.58. The van der Waals surface area contributed by atoms with Crippen molar-refractivity contribution in [1.82, 2.24) is 4.90 Å². The molecule has 1 fully saturated rings. The minimum Gasteiger partial charge on any atom is -0.365 e. The lowest BCUT2D eigenvalue weighted by Gasteiger charge is -2.38. The van der Waals surface area contributed by atoms with Gasteiger partial charge in [0, 0.05) is 25.7 Å². The number of anilines is 1. The smallest absolute Gasteiger partial charge is 0.253 e. The predicted octanol–water partition coefficient (Wildman–Crippen LogP) is 3.62. The van der Waals surface area contributed by atoms with Crippen LogP contribution in [0.25, 0.3) is 10.8 Å². The molecule has 148 valence electrons. The van der Waals surface area contributed by atoms with Crippen LogP contribution in [-0.4, -0.2) is 42.5 Å². The van der Waals surface area contributed by atoms with Crippen LogP contribution in [-0.2, 0) is 20.9 Å². The van der Waals surface area contributed by atoms with Gasteiger partial charge in [-0.15, -0.1) is 0 Å². The number of fused-ring (bicyclic) bond motifs is 1. The molecule has 1 aliphatic heterocycles. The van der Waals surface area contributed by atoms with Crippen molar-refractivity contribution in [1.29, 1.82) is 0 Å². The maximum absolute atomic E-state index is 13.1. The van der Waals surface area contributed by atoms with Crippen molar-refractivity contribution in [3.05, 3.63) is 78.4 Å². The Morgan fingerprint density at radius 2 is 1.66 bits per heavy atom. The zero-order chi connectivity index (χ0) is 20.2. The van der Waals surface area contributed by atoms with E-state index < -0.39 is 0 Å². The lowest BCUT2D eigenvalue weighted by Crippen LogP contribution is -2.54. The van der Waals surface area contributed by atoms with Crippen molar-refractivity contribution in [2.45, 2.75) is 19.6 Å². The number of hydrogen-bond acceptors (Lipinski definition) is 3. The fourth-order valence-electron chi connectivity index (χ4n) is 3.60. The van der Waals surface area contributed by atoms with E-state index in [2.05, 4.69) is 24.3 Å². The van der Waals surface area contributed by atoms with Crippen molar-refractivity contribution in [2.24, 2.45) is 0 Å². The zero-order valence-electron chi connectivity index (χ0n) is 16.5. The molecule has 3 aromatic carbocycles. The van der Waals surface area contributed by atoms with E-state index in [4.69, 9.17) is 4.74 Å². The van der Waals surface area contributed by atoms with Gasteiger partial charge in [-0.25, -0.2) is 0 Å². The second kappa shape index (κ2) is 8.45. The van der Waals surface area contributed by atoms with Crippen molar-refractivity contribution in [3.8, 4) is 0 Å². The van der Waals surface area contributed by atoms with Gasteiger partial charge in [0.2, 0.25) is 5.91 Å². The third kappa shape index (κ3) is 4.30. The van der Waals surface area contributed by atoms with Gasteiger partial charge < -0.3 is 14.5 Å². The lowest BCUT2D eigenvalue weighted by atomic mass is 10.0. The topological polar surface area (TPSA) is 49.9 Å². The van der Waals surface area contributed by atoms with Crippen LogP contribution in [0.15, 0.2) is 72.8 Å². The first-order chi connectivity index (χ1) is 14.1. The molecule has 1 heterocycles. The Labute approximate surface area is 170 Å². The molecule has 0 unspecified atom stereocenters. The van der Waals surface area contributed by atoms with Gasteiger partial charge in [0.15, 0.2) is 0 Å². The summed E-state index contributed by atoms with van der Waals surface area (Å²) in [6, 6.07) is 24.0. The molecule has 5 nitrogen and oxygen atoms in total. The maximum atomic E-state index is 13.1. The Morgan fingerprint density at radius 1 is 0.966 bits per heavy atom. The summed E-state index contributed by atoms with van der Waals surface area (Å²) in [5, 5.41) is 2.29. The van der Waals surface area contributed by atoms with Crippen LogP contribution in [0.1, 0.15) is 12.5 Å². The molecular weight excluding hydrogens is 364 g/mol. The largest absolute Gasteiger partial charge is 0.365 e. The minimum atomic E-state index is -0.0922. The normalized spacial score (nSPS) is 13.9. The summed E-state index contributed by atoms with van der Waals surface area (Å²) < 4.78 is 5.76. The van der Waals surface area contributed by atoms with Crippen molar-refractivity contribution in [3.63, 3.8) is 0 Å². The molecule has 0 aliphatic carbocycles. The highest BCUT2D eigenvalue weighted by molar-refractivity contribution is 5.95. The van der Waals surface area contributed by atoms with Gasteiger partial charge >= 0.3 is 0 Å². The molecule has 3 aromatic rings. The first kappa shape index (κ1) is 19.2. The highest BCUT2D eigenvalue weighted by Gasteiger charge is 2.30. The standard InChI is InChI=1S/C24H24N2O3/c1-18(27)25-15-22(16-25)29-17-24(28)26(21-11-3-2-4-12-21)14-20-10-7-9-19-8-5-6-13-23(19)20/h2-13,22H,14-17H2,1H3. The summed E-state index contributed by atoms with van der Waals surface area (Å²) in [4.78, 5) is 27.8. The van der Waals surface area contributed by atoms with E-state index in [0.29, 0.717) is 19.6 Å². The molecule has 0 bridgehead atoms. The van der Waals surface area contributed by atoms with Gasteiger partial charge in [0.25, 0.3) is 5.91 Å². The highest BCUT2D eigenvalue weighted by Crippen LogP contribution is 2.23. The number of hydrogen-bond donors (Lipinski definition) is 0. The second-order valence-corrected chi connectivity index (χ2v) is 7.31. The molecule has 1 aliphatic rings. The Balaban J connectivity index is 1.51. The quantitative estimate of drug-likeness (QED) is 0.648. The van der Waals surface area contributed by atoms with Gasteiger partial charge in [0.1, 0.15) is 6.61 Å². The van der Waals surface area contributed by atoms with Gasteiger partial charge in [-0.3, -0.25) is 9.59 Å². The number of carbonyl (C=O) groups is 2. The molecule has 5 heteroatoms. The number of likely N-dealkylation sites (tertiary alicyclic amines) is 1. The molecular formula is C24H24N2O3. The van der Waals surface area contributed by atoms with Gasteiger partial charge in [0.05, 0.1) is 12.6 Å². The lowest BCUT2D eigenvalue weighted by molar-refractivity contribution is -0.145. The van der Waals surface area contributed by atoms with E-state index in [-0.39, 0.29) is 24.5 Å². The van der Waals surface area contributed by atoms with Crippen molar-refractivity contribution in [2.75, 3.05) is 24.6 Å². The monoisotopic (exact) mass is 388 g/mol. The SMILES string of the molecule is CC(=O)N1CC(OCC(=O)N(Cc2cccc3ccccc23)c2ccccc2)C1. The van der Waals surface area contributed by atoms with Gasteiger partial charge in [-0.05, 0) is 28.5 Å². The van der Waals surface area contributed by atoms with Gasteiger partial charge in [-0.2, -0.15) is 0 Å². The first-order valence-electron chi connectivity index (χ1n) is 9.81. The summed E-state index contributed by atoms with van der Waals surface area (Å²) in [5.41, 5.74) is 1.93.